The molecule has 2 aromatic rings. The highest BCUT2D eigenvalue weighted by Gasteiger charge is 2.24. The van der Waals surface area contributed by atoms with Crippen molar-refractivity contribution in [3.8, 4) is 0 Å². The van der Waals surface area contributed by atoms with Crippen LogP contribution in [0.15, 0.2) is 36.4 Å². The van der Waals surface area contributed by atoms with Gasteiger partial charge in [-0.3, -0.25) is 0 Å². The smallest absolute Gasteiger partial charge is 0.331 e. The van der Waals surface area contributed by atoms with Crippen molar-refractivity contribution in [2.75, 3.05) is 12.4 Å². The van der Waals surface area contributed by atoms with Gasteiger partial charge in [-0.15, -0.1) is 0 Å². The monoisotopic (exact) mass is 260 g/mol. The number of nitrogens with one attached hydrogen (secondary N) is 1. The topological polar surface area (TPSA) is 71.5 Å². The van der Waals surface area contributed by atoms with Gasteiger partial charge in [-0.1, -0.05) is 18.2 Å². The zero-order valence-electron chi connectivity index (χ0n) is 10.8. The number of hydrogen-bond acceptors (Lipinski definition) is 5. The van der Waals surface area contributed by atoms with Gasteiger partial charge in [0.1, 0.15) is 5.82 Å². The normalized spacial score (nSPS) is 13.8. The first-order valence-electron chi connectivity index (χ1n) is 6.00. The van der Waals surface area contributed by atoms with E-state index in [1.54, 1.807) is 6.07 Å². The Morgan fingerprint density at radius 2 is 2.05 bits per heavy atom. The minimum atomic E-state index is -0.874. The molecule has 0 aliphatic carbocycles. The second kappa shape index (κ2) is 5.67. The number of para-hydroxylation sites is 1. The van der Waals surface area contributed by atoms with Gasteiger partial charge in [0, 0.05) is 5.39 Å². The first-order chi connectivity index (χ1) is 9.11. The molecule has 0 bridgehead atoms. The molecular formula is C14H16N2O3. The van der Waals surface area contributed by atoms with Gasteiger partial charge in [0.2, 0.25) is 0 Å². The van der Waals surface area contributed by atoms with Gasteiger partial charge in [0.25, 0.3) is 0 Å². The summed E-state index contributed by atoms with van der Waals surface area (Å²) in [5, 5.41) is 13.5. The van der Waals surface area contributed by atoms with Gasteiger partial charge in [-0.05, 0) is 25.1 Å². The minimum absolute atomic E-state index is 0.523. The van der Waals surface area contributed by atoms with E-state index in [-0.39, 0.29) is 0 Å². The zero-order chi connectivity index (χ0) is 13.8. The van der Waals surface area contributed by atoms with Crippen LogP contribution in [0.4, 0.5) is 5.82 Å². The quantitative estimate of drug-likeness (QED) is 0.816. The van der Waals surface area contributed by atoms with Crippen molar-refractivity contribution in [2.45, 2.75) is 19.1 Å². The highest BCUT2D eigenvalue weighted by atomic mass is 16.5. The number of nitrogens with zero attached hydrogens (tertiary/aromatic N) is 1. The summed E-state index contributed by atoms with van der Waals surface area (Å²) in [6.07, 6.45) is -0.874. The number of anilines is 1. The van der Waals surface area contributed by atoms with E-state index in [1.165, 1.54) is 14.0 Å². The van der Waals surface area contributed by atoms with Gasteiger partial charge in [0.05, 0.1) is 18.7 Å². The van der Waals surface area contributed by atoms with Crippen LogP contribution in [0.3, 0.4) is 0 Å². The molecule has 0 aliphatic rings. The second-order valence-electron chi connectivity index (χ2n) is 4.27. The highest BCUT2D eigenvalue weighted by molar-refractivity contribution is 5.82. The largest absolute Gasteiger partial charge is 0.467 e. The summed E-state index contributed by atoms with van der Waals surface area (Å²) in [5.41, 5.74) is 0.821. The molecule has 100 valence electrons. The van der Waals surface area contributed by atoms with Crippen molar-refractivity contribution in [1.29, 1.82) is 0 Å². The van der Waals surface area contributed by atoms with Crippen LogP contribution < -0.4 is 5.32 Å². The molecule has 5 heteroatoms. The Kier molecular flexibility index (Phi) is 3.97. The number of aliphatic hydroxyl groups excluding tert-OH is 1. The second-order valence-corrected chi connectivity index (χ2v) is 4.27. The van der Waals surface area contributed by atoms with Crippen LogP contribution in [-0.2, 0) is 9.53 Å². The van der Waals surface area contributed by atoms with Gasteiger partial charge in [-0.25, -0.2) is 9.78 Å². The third kappa shape index (κ3) is 3.00. The maximum Gasteiger partial charge on any atom is 0.331 e. The number of rotatable bonds is 4. The lowest BCUT2D eigenvalue weighted by atomic mass is 10.1. The molecule has 0 radical (unpaired) electrons. The molecule has 1 aromatic carbocycles. The summed E-state index contributed by atoms with van der Waals surface area (Å²) in [6, 6.07) is 10.5. The molecule has 1 heterocycles. The Balaban J connectivity index is 2.26. The molecule has 0 spiro atoms. The van der Waals surface area contributed by atoms with Crippen molar-refractivity contribution in [2.24, 2.45) is 0 Å². The third-order valence-electron chi connectivity index (χ3n) is 2.84. The van der Waals surface area contributed by atoms with E-state index in [4.69, 9.17) is 0 Å². The van der Waals surface area contributed by atoms with Crippen molar-refractivity contribution in [3.63, 3.8) is 0 Å². The summed E-state index contributed by atoms with van der Waals surface area (Å²) in [4.78, 5) is 15.9. The summed E-state index contributed by atoms with van der Waals surface area (Å²) < 4.78 is 4.64. The van der Waals surface area contributed by atoms with Crippen molar-refractivity contribution < 1.29 is 14.6 Å². The predicted molar refractivity (Wildman–Crippen MR) is 72.9 cm³/mol. The number of aromatic nitrogens is 1. The molecule has 5 nitrogen and oxygen atoms in total. The molecule has 0 amide bonds. The number of esters is 1. The van der Waals surface area contributed by atoms with Crippen LogP contribution in [0, 0.1) is 0 Å². The lowest BCUT2D eigenvalue weighted by Crippen LogP contribution is -2.40. The molecule has 0 saturated heterocycles. The Morgan fingerprint density at radius 3 is 2.74 bits per heavy atom. The molecule has 1 aromatic heterocycles. The Morgan fingerprint density at radius 1 is 1.32 bits per heavy atom. The van der Waals surface area contributed by atoms with E-state index < -0.39 is 18.1 Å². The summed E-state index contributed by atoms with van der Waals surface area (Å²) in [5.74, 6) is -0.0000383. The molecule has 2 rings (SSSR count). The maximum absolute atomic E-state index is 11.5. The number of carbonyl (C=O) groups is 1. The van der Waals surface area contributed by atoms with Gasteiger partial charge >= 0.3 is 5.97 Å². The number of aliphatic hydroxyl groups is 1. The summed E-state index contributed by atoms with van der Waals surface area (Å²) in [7, 11) is 1.28. The van der Waals surface area contributed by atoms with Crippen LogP contribution >= 0.6 is 0 Å². The number of benzene rings is 1. The number of fused-ring (bicyclic) bond motifs is 1. The molecule has 0 unspecified atom stereocenters. The number of pyridine rings is 1. The van der Waals surface area contributed by atoms with E-state index in [1.807, 2.05) is 30.3 Å². The lowest BCUT2D eigenvalue weighted by molar-refractivity contribution is -0.143. The fraction of sp³-hybridized carbons (Fsp3) is 0.286. The Labute approximate surface area is 111 Å². The number of hydrogen-bond donors (Lipinski definition) is 2. The van der Waals surface area contributed by atoms with Gasteiger partial charge in [0.15, 0.2) is 6.04 Å². The standard InChI is InChI=1S/C14H16N2O3/c1-9(17)13(14(18)19-2)16-12-8-7-10-5-3-4-6-11(10)15-12/h3-9,13,17H,1-2H3,(H,15,16)/t9-,13+/m1/s1. The van der Waals surface area contributed by atoms with Crippen molar-refractivity contribution in [1.82, 2.24) is 4.98 Å². The first kappa shape index (κ1) is 13.3. The maximum atomic E-state index is 11.5. The molecule has 0 fully saturated rings. The minimum Gasteiger partial charge on any atom is -0.467 e. The molecular weight excluding hydrogens is 244 g/mol. The molecule has 0 saturated carbocycles. The summed E-state index contributed by atoms with van der Waals surface area (Å²) in [6.45, 7) is 1.52. The van der Waals surface area contributed by atoms with E-state index in [0.717, 1.165) is 10.9 Å². The predicted octanol–water partition coefficient (Wildman–Crippen LogP) is 1.57. The van der Waals surface area contributed by atoms with E-state index in [0.29, 0.717) is 5.82 Å². The molecule has 0 aliphatic heterocycles. The van der Waals surface area contributed by atoms with Crippen LogP contribution in [0.1, 0.15) is 6.92 Å². The van der Waals surface area contributed by atoms with Crippen molar-refractivity contribution >= 4 is 22.7 Å². The fourth-order valence-corrected chi connectivity index (χ4v) is 1.81. The molecule has 2 N–H and O–H groups in total. The average molecular weight is 260 g/mol. The van der Waals surface area contributed by atoms with E-state index in [2.05, 4.69) is 15.0 Å². The number of methoxy groups -OCH3 is 1. The zero-order valence-corrected chi connectivity index (χ0v) is 10.8. The summed E-state index contributed by atoms with van der Waals surface area (Å²) >= 11 is 0. The van der Waals surface area contributed by atoms with Crippen LogP contribution in [0.25, 0.3) is 10.9 Å². The fourth-order valence-electron chi connectivity index (χ4n) is 1.81. The highest BCUT2D eigenvalue weighted by Crippen LogP contribution is 2.16. The Bertz CT molecular complexity index is 584. The van der Waals surface area contributed by atoms with Crippen LogP contribution in [0.2, 0.25) is 0 Å². The molecule has 19 heavy (non-hydrogen) atoms. The van der Waals surface area contributed by atoms with Gasteiger partial charge < -0.3 is 15.2 Å². The number of ether oxygens (including phenoxy) is 1. The van der Waals surface area contributed by atoms with E-state index in [9.17, 15) is 9.90 Å². The number of carbonyl (C=O) groups excluding carboxylic acids is 1. The first-order valence-corrected chi connectivity index (χ1v) is 6.00. The van der Waals surface area contributed by atoms with Crippen molar-refractivity contribution in [3.05, 3.63) is 36.4 Å². The van der Waals surface area contributed by atoms with E-state index >= 15 is 0 Å². The average Bonchev–Trinajstić information content (AvgIpc) is 2.43. The van der Waals surface area contributed by atoms with Crippen LogP contribution in [-0.4, -0.2) is 35.3 Å². The van der Waals surface area contributed by atoms with Gasteiger partial charge in [-0.2, -0.15) is 0 Å². The third-order valence-corrected chi connectivity index (χ3v) is 2.84. The SMILES string of the molecule is COC(=O)[C@@H](Nc1ccc2ccccc2n1)[C@@H](C)O. The lowest BCUT2D eigenvalue weighted by Gasteiger charge is -2.19. The van der Waals surface area contributed by atoms with Crippen LogP contribution in [0.5, 0.6) is 0 Å². The molecule has 2 atom stereocenters. The Hall–Kier alpha value is -2.14.